The van der Waals surface area contributed by atoms with E-state index in [1.54, 1.807) is 0 Å². The maximum absolute atomic E-state index is 12.3. The Morgan fingerprint density at radius 3 is 1.00 bits per heavy atom. The van der Waals surface area contributed by atoms with Gasteiger partial charge in [-0.1, -0.05) is 48.5 Å². The molecule has 3 rings (SSSR count). The van der Waals surface area contributed by atoms with E-state index in [4.69, 9.17) is 61.9 Å². The lowest BCUT2D eigenvalue weighted by Crippen LogP contribution is -2.16. The van der Waals surface area contributed by atoms with Gasteiger partial charge < -0.3 is 66.7 Å². The van der Waals surface area contributed by atoms with Gasteiger partial charge in [-0.25, -0.2) is 4.79 Å². The molecule has 0 spiro atoms. The van der Waals surface area contributed by atoms with Crippen LogP contribution in [0.4, 0.5) is 4.79 Å². The molecule has 1 N–H and O–H groups in total. The fraction of sp³-hybridized carbons (Fsp3) is 0.650. The van der Waals surface area contributed by atoms with Gasteiger partial charge in [0.05, 0.1) is 152 Å². The van der Waals surface area contributed by atoms with E-state index in [0.717, 1.165) is 0 Å². The molecule has 0 saturated carbocycles. The van der Waals surface area contributed by atoms with E-state index in [-0.39, 0.29) is 38.1 Å². The molecule has 0 bridgehead atoms. The van der Waals surface area contributed by atoms with Crippen molar-refractivity contribution in [2.24, 2.45) is 0 Å². The van der Waals surface area contributed by atoms with Crippen LogP contribution in [0.2, 0.25) is 0 Å². The summed E-state index contributed by atoms with van der Waals surface area (Å²) in [5.74, 6) is -0.218. The van der Waals surface area contributed by atoms with Crippen LogP contribution in [0, 0.1) is 0 Å². The van der Waals surface area contributed by atoms with Gasteiger partial charge in [0, 0.05) is 5.92 Å². The van der Waals surface area contributed by atoms with Crippen LogP contribution in [0.15, 0.2) is 48.5 Å². The molecule has 0 saturated heterocycles. The van der Waals surface area contributed by atoms with Crippen molar-refractivity contribution in [3.8, 4) is 11.1 Å². The van der Waals surface area contributed by atoms with Crippen LogP contribution < -0.4 is 0 Å². The maximum atomic E-state index is 12.3. The molecule has 0 radical (unpaired) electrons. The van der Waals surface area contributed by atoms with E-state index in [1.807, 2.05) is 24.3 Å². The van der Waals surface area contributed by atoms with E-state index in [2.05, 4.69) is 29.0 Å². The third kappa shape index (κ3) is 22.5. The van der Waals surface area contributed by atoms with Crippen molar-refractivity contribution in [3.05, 3.63) is 59.7 Å². The molecule has 16 heteroatoms. The predicted molar refractivity (Wildman–Crippen MR) is 202 cm³/mol. The van der Waals surface area contributed by atoms with Crippen molar-refractivity contribution in [2.75, 3.05) is 159 Å². The molecule has 0 atom stereocenters. The first-order chi connectivity index (χ1) is 27.7. The van der Waals surface area contributed by atoms with E-state index >= 15 is 0 Å². The summed E-state index contributed by atoms with van der Waals surface area (Å²) in [6.45, 7) is 9.78. The standard InChI is InChI=1S/C40H60O16/c41-39(56-33-38-36-7-3-1-5-34(36)35-6-2-4-8-37(35)38)9-10-44-11-12-45-13-14-46-15-16-47-17-18-48-19-20-49-21-22-50-23-24-51-25-26-52-27-28-53-29-30-54-31-32-55-40(42)43/h1-8,38H,9-33H2,(H,42,43). The lowest BCUT2D eigenvalue weighted by molar-refractivity contribution is -0.145. The number of rotatable bonds is 38. The fourth-order valence-electron chi connectivity index (χ4n) is 5.33. The van der Waals surface area contributed by atoms with Crippen molar-refractivity contribution in [1.82, 2.24) is 0 Å². The second-order valence-corrected chi connectivity index (χ2v) is 12.0. The fourth-order valence-corrected chi connectivity index (χ4v) is 5.33. The van der Waals surface area contributed by atoms with Gasteiger partial charge in [-0.05, 0) is 22.3 Å². The predicted octanol–water partition coefficient (Wildman–Crippen LogP) is 3.61. The number of hydrogen-bond acceptors (Lipinski definition) is 15. The van der Waals surface area contributed by atoms with Crippen LogP contribution in [0.5, 0.6) is 0 Å². The molecular weight excluding hydrogens is 736 g/mol. The molecule has 2 aromatic rings. The lowest BCUT2D eigenvalue weighted by atomic mass is 9.98. The summed E-state index contributed by atoms with van der Waals surface area (Å²) in [6.07, 6.45) is -1.12. The van der Waals surface area contributed by atoms with Gasteiger partial charge >= 0.3 is 12.1 Å². The summed E-state index contributed by atoms with van der Waals surface area (Å²) < 4.78 is 69.7. The molecule has 1 aliphatic carbocycles. The Morgan fingerprint density at radius 2 is 0.679 bits per heavy atom. The van der Waals surface area contributed by atoms with Crippen LogP contribution in [-0.2, 0) is 66.4 Å². The smallest absolute Gasteiger partial charge is 0.465 e. The second kappa shape index (κ2) is 32.8. The SMILES string of the molecule is O=C(O)OCCOCCOCCOCCOCCOCCOCCOCCOCCOCCOCCOCCC(=O)OCC1c2ccccc2-c2ccccc21. The van der Waals surface area contributed by atoms with Crippen molar-refractivity contribution in [2.45, 2.75) is 12.3 Å². The Bertz CT molecular complexity index is 1230. The van der Waals surface area contributed by atoms with Gasteiger partial charge in [-0.2, -0.15) is 0 Å². The highest BCUT2D eigenvalue weighted by Gasteiger charge is 2.28. The zero-order valence-corrected chi connectivity index (χ0v) is 32.4. The number of carbonyl (C=O) groups is 2. The van der Waals surface area contributed by atoms with Gasteiger partial charge in [-0.3, -0.25) is 4.79 Å². The van der Waals surface area contributed by atoms with Gasteiger partial charge in [-0.15, -0.1) is 0 Å². The number of benzene rings is 2. The number of esters is 1. The van der Waals surface area contributed by atoms with Crippen LogP contribution in [0.25, 0.3) is 11.1 Å². The maximum Gasteiger partial charge on any atom is 0.505 e. The first-order valence-electron chi connectivity index (χ1n) is 19.2. The van der Waals surface area contributed by atoms with Crippen LogP contribution in [-0.4, -0.2) is 176 Å². The highest BCUT2D eigenvalue weighted by molar-refractivity contribution is 5.79. The van der Waals surface area contributed by atoms with Gasteiger partial charge in [0.15, 0.2) is 0 Å². The lowest BCUT2D eigenvalue weighted by Gasteiger charge is -2.14. The first-order valence-corrected chi connectivity index (χ1v) is 19.2. The highest BCUT2D eigenvalue weighted by Crippen LogP contribution is 2.44. The largest absolute Gasteiger partial charge is 0.505 e. The third-order valence-electron chi connectivity index (χ3n) is 8.00. The molecule has 0 fully saturated rings. The van der Waals surface area contributed by atoms with Crippen LogP contribution in [0.3, 0.4) is 0 Å². The molecular formula is C40H60O16. The third-order valence-corrected chi connectivity index (χ3v) is 8.00. The summed E-state index contributed by atoms with van der Waals surface area (Å²) in [6, 6.07) is 16.5. The molecule has 0 aromatic heterocycles. The topological polar surface area (TPSA) is 174 Å². The van der Waals surface area contributed by atoms with Crippen molar-refractivity contribution >= 4 is 12.1 Å². The van der Waals surface area contributed by atoms with Crippen LogP contribution in [0.1, 0.15) is 23.5 Å². The van der Waals surface area contributed by atoms with E-state index in [0.29, 0.717) is 139 Å². The summed E-state index contributed by atoms with van der Waals surface area (Å²) in [5, 5.41) is 8.32. The number of carbonyl (C=O) groups excluding carboxylic acids is 1. The molecule has 2 aromatic carbocycles. The van der Waals surface area contributed by atoms with Gasteiger partial charge in [0.2, 0.25) is 0 Å². The Kier molecular flexibility index (Phi) is 27.6. The van der Waals surface area contributed by atoms with Crippen molar-refractivity contribution in [3.63, 3.8) is 0 Å². The molecule has 16 nitrogen and oxygen atoms in total. The number of carboxylic acid groups (broad SMARTS) is 1. The zero-order chi connectivity index (χ0) is 39.6. The minimum atomic E-state index is -1.32. The number of fused-ring (bicyclic) bond motifs is 3. The Balaban J connectivity index is 0.938. The molecule has 0 heterocycles. The van der Waals surface area contributed by atoms with Crippen molar-refractivity contribution in [1.29, 1.82) is 0 Å². The normalized spacial score (nSPS) is 12.1. The first kappa shape index (κ1) is 47.1. The zero-order valence-electron chi connectivity index (χ0n) is 32.4. The quantitative estimate of drug-likeness (QED) is 0.0771. The van der Waals surface area contributed by atoms with E-state index < -0.39 is 6.16 Å². The molecule has 0 amide bonds. The van der Waals surface area contributed by atoms with Crippen molar-refractivity contribution < 1.29 is 76.3 Å². The Morgan fingerprint density at radius 1 is 0.393 bits per heavy atom. The van der Waals surface area contributed by atoms with E-state index in [9.17, 15) is 9.59 Å². The van der Waals surface area contributed by atoms with Gasteiger partial charge in [0.1, 0.15) is 13.2 Å². The molecule has 0 aliphatic heterocycles. The molecule has 0 unspecified atom stereocenters. The second-order valence-electron chi connectivity index (χ2n) is 12.0. The summed E-state index contributed by atoms with van der Waals surface area (Å²) in [5.41, 5.74) is 4.80. The van der Waals surface area contributed by atoms with Gasteiger partial charge in [0.25, 0.3) is 0 Å². The highest BCUT2D eigenvalue weighted by atomic mass is 16.7. The average molecular weight is 797 g/mol. The molecule has 316 valence electrons. The summed E-state index contributed by atoms with van der Waals surface area (Å²) >= 11 is 0. The number of hydrogen-bond donors (Lipinski definition) is 1. The Hall–Kier alpha value is -3.26. The Labute approximate surface area is 329 Å². The minimum absolute atomic E-state index is 0.00208. The minimum Gasteiger partial charge on any atom is -0.465 e. The number of ether oxygens (including phenoxy) is 13. The molecule has 56 heavy (non-hydrogen) atoms. The monoisotopic (exact) mass is 796 g/mol. The van der Waals surface area contributed by atoms with Crippen LogP contribution >= 0.6 is 0 Å². The van der Waals surface area contributed by atoms with E-state index in [1.165, 1.54) is 22.3 Å². The summed E-state index contributed by atoms with van der Waals surface area (Å²) in [7, 11) is 0. The molecule has 1 aliphatic rings. The summed E-state index contributed by atoms with van der Waals surface area (Å²) in [4.78, 5) is 22.5. The average Bonchev–Trinajstić information content (AvgIpc) is 3.53.